The number of benzene rings is 1. The van der Waals surface area contributed by atoms with E-state index in [9.17, 15) is 4.79 Å². The van der Waals surface area contributed by atoms with E-state index >= 15 is 0 Å². The minimum absolute atomic E-state index is 0.0234. The Balaban J connectivity index is 2.55. The van der Waals surface area contributed by atoms with Gasteiger partial charge >= 0.3 is 5.97 Å². The maximum atomic E-state index is 11.8. The lowest BCUT2D eigenvalue weighted by Crippen LogP contribution is -2.36. The molecule has 1 aromatic rings. The van der Waals surface area contributed by atoms with Gasteiger partial charge in [0.05, 0.1) is 13.2 Å². The Morgan fingerprint density at radius 2 is 1.89 bits per heavy atom. The second-order valence-electron chi connectivity index (χ2n) is 5.51. The van der Waals surface area contributed by atoms with Crippen LogP contribution in [0.25, 0.3) is 0 Å². The van der Waals surface area contributed by atoms with Gasteiger partial charge in [-0.3, -0.25) is 9.69 Å². The van der Waals surface area contributed by atoms with Crippen LogP contribution in [0.4, 0.5) is 0 Å². The summed E-state index contributed by atoms with van der Waals surface area (Å²) in [7, 11) is 0. The molecule has 0 saturated carbocycles. The fourth-order valence-electron chi connectivity index (χ4n) is 1.75. The van der Waals surface area contributed by atoms with Gasteiger partial charge in [0, 0.05) is 13.1 Å². The molecular formula is C15H23NO3. The fraction of sp³-hybridized carbons (Fsp3) is 0.533. The Bertz CT molecular complexity index is 384. The number of rotatable bonds is 6. The van der Waals surface area contributed by atoms with Crippen LogP contribution < -0.4 is 0 Å². The average Bonchev–Trinajstić information content (AvgIpc) is 2.27. The van der Waals surface area contributed by atoms with Gasteiger partial charge in [-0.1, -0.05) is 30.3 Å². The Morgan fingerprint density at radius 1 is 1.26 bits per heavy atom. The van der Waals surface area contributed by atoms with E-state index in [1.54, 1.807) is 0 Å². The molecule has 0 aromatic heterocycles. The Morgan fingerprint density at radius 3 is 2.42 bits per heavy atom. The largest absolute Gasteiger partial charge is 0.459 e. The van der Waals surface area contributed by atoms with E-state index in [1.807, 2.05) is 56.0 Å². The molecule has 1 N–H and O–H groups in total. The first-order chi connectivity index (χ1) is 8.90. The van der Waals surface area contributed by atoms with Crippen molar-refractivity contribution in [2.24, 2.45) is 0 Å². The minimum Gasteiger partial charge on any atom is -0.459 e. The van der Waals surface area contributed by atoms with E-state index in [4.69, 9.17) is 9.84 Å². The van der Waals surface area contributed by atoms with Crippen LogP contribution in [0.1, 0.15) is 26.3 Å². The molecule has 0 bridgehead atoms. The predicted octanol–water partition coefficient (Wildman–Crippen LogP) is 1.82. The van der Waals surface area contributed by atoms with E-state index < -0.39 is 5.60 Å². The molecule has 19 heavy (non-hydrogen) atoms. The molecule has 0 aliphatic rings. The zero-order valence-electron chi connectivity index (χ0n) is 11.9. The summed E-state index contributed by atoms with van der Waals surface area (Å²) in [5.74, 6) is -0.267. The Kier molecular flexibility index (Phi) is 5.99. The van der Waals surface area contributed by atoms with E-state index in [0.29, 0.717) is 13.1 Å². The van der Waals surface area contributed by atoms with Crippen LogP contribution in [0.2, 0.25) is 0 Å². The molecule has 1 rings (SSSR count). The Labute approximate surface area is 115 Å². The third-order valence-electron chi connectivity index (χ3n) is 2.44. The normalized spacial score (nSPS) is 11.6. The van der Waals surface area contributed by atoms with Crippen LogP contribution in [-0.4, -0.2) is 41.3 Å². The molecule has 0 aliphatic carbocycles. The van der Waals surface area contributed by atoms with Crippen molar-refractivity contribution in [3.8, 4) is 0 Å². The molecule has 4 nitrogen and oxygen atoms in total. The monoisotopic (exact) mass is 265 g/mol. The smallest absolute Gasteiger partial charge is 0.320 e. The average molecular weight is 265 g/mol. The zero-order valence-corrected chi connectivity index (χ0v) is 11.9. The van der Waals surface area contributed by atoms with Crippen molar-refractivity contribution < 1.29 is 14.6 Å². The summed E-state index contributed by atoms with van der Waals surface area (Å²) in [5.41, 5.74) is 0.633. The number of aliphatic hydroxyl groups is 1. The van der Waals surface area contributed by atoms with E-state index in [1.165, 1.54) is 0 Å². The van der Waals surface area contributed by atoms with Gasteiger partial charge in [0.2, 0.25) is 0 Å². The van der Waals surface area contributed by atoms with E-state index in [2.05, 4.69) is 0 Å². The van der Waals surface area contributed by atoms with Crippen molar-refractivity contribution in [3.63, 3.8) is 0 Å². The number of hydrogen-bond donors (Lipinski definition) is 1. The molecule has 0 heterocycles. The Hall–Kier alpha value is -1.39. The molecule has 0 aliphatic heterocycles. The summed E-state index contributed by atoms with van der Waals surface area (Å²) in [6.45, 7) is 6.83. The topological polar surface area (TPSA) is 49.8 Å². The predicted molar refractivity (Wildman–Crippen MR) is 74.6 cm³/mol. The number of esters is 1. The summed E-state index contributed by atoms with van der Waals surface area (Å²) in [4.78, 5) is 13.7. The van der Waals surface area contributed by atoms with Crippen LogP contribution in [0.15, 0.2) is 30.3 Å². The first-order valence-electron chi connectivity index (χ1n) is 6.50. The van der Waals surface area contributed by atoms with Crippen LogP contribution in [0.5, 0.6) is 0 Å². The first kappa shape index (κ1) is 15.7. The molecule has 0 radical (unpaired) electrons. The number of carbonyl (C=O) groups is 1. The van der Waals surface area contributed by atoms with Gasteiger partial charge in [-0.2, -0.15) is 0 Å². The standard InChI is InChI=1S/C15H23NO3/c1-15(2,3)19-14(18)12-16(9-10-17)11-13-7-5-4-6-8-13/h4-8,17H,9-12H2,1-3H3. The summed E-state index contributed by atoms with van der Waals surface area (Å²) in [5, 5.41) is 9.07. The van der Waals surface area contributed by atoms with Crippen molar-refractivity contribution in [1.29, 1.82) is 0 Å². The van der Waals surface area contributed by atoms with Gasteiger partial charge in [-0.05, 0) is 26.3 Å². The SMILES string of the molecule is CC(C)(C)OC(=O)CN(CCO)Cc1ccccc1. The molecule has 0 fully saturated rings. The lowest BCUT2D eigenvalue weighted by atomic mass is 10.2. The van der Waals surface area contributed by atoms with Crippen molar-refractivity contribution in [3.05, 3.63) is 35.9 Å². The van der Waals surface area contributed by atoms with Crippen molar-refractivity contribution >= 4 is 5.97 Å². The lowest BCUT2D eigenvalue weighted by molar-refractivity contribution is -0.156. The number of aliphatic hydroxyl groups excluding tert-OH is 1. The van der Waals surface area contributed by atoms with Gasteiger partial charge in [0.1, 0.15) is 5.60 Å². The molecule has 0 atom stereocenters. The third kappa shape index (κ3) is 6.94. The molecular weight excluding hydrogens is 242 g/mol. The fourth-order valence-corrected chi connectivity index (χ4v) is 1.75. The van der Waals surface area contributed by atoms with Crippen LogP contribution in [0.3, 0.4) is 0 Å². The summed E-state index contributed by atoms with van der Waals surface area (Å²) in [6.07, 6.45) is 0. The summed E-state index contributed by atoms with van der Waals surface area (Å²) in [6, 6.07) is 9.87. The highest BCUT2D eigenvalue weighted by molar-refractivity contribution is 5.72. The maximum absolute atomic E-state index is 11.8. The maximum Gasteiger partial charge on any atom is 0.320 e. The van der Waals surface area contributed by atoms with E-state index in [-0.39, 0.29) is 19.1 Å². The second-order valence-corrected chi connectivity index (χ2v) is 5.51. The van der Waals surface area contributed by atoms with Crippen molar-refractivity contribution in [2.45, 2.75) is 32.9 Å². The number of hydrogen-bond acceptors (Lipinski definition) is 4. The highest BCUT2D eigenvalue weighted by Gasteiger charge is 2.18. The van der Waals surface area contributed by atoms with E-state index in [0.717, 1.165) is 5.56 Å². The third-order valence-corrected chi connectivity index (χ3v) is 2.44. The van der Waals surface area contributed by atoms with Crippen molar-refractivity contribution in [1.82, 2.24) is 4.90 Å². The van der Waals surface area contributed by atoms with Gasteiger partial charge in [-0.15, -0.1) is 0 Å². The summed E-state index contributed by atoms with van der Waals surface area (Å²) < 4.78 is 5.29. The highest BCUT2D eigenvalue weighted by atomic mass is 16.6. The molecule has 0 spiro atoms. The number of ether oxygens (including phenoxy) is 1. The molecule has 4 heteroatoms. The van der Waals surface area contributed by atoms with Gasteiger partial charge < -0.3 is 9.84 Å². The van der Waals surface area contributed by atoms with Gasteiger partial charge in [0.25, 0.3) is 0 Å². The zero-order chi connectivity index (χ0) is 14.3. The van der Waals surface area contributed by atoms with Crippen LogP contribution in [0, 0.1) is 0 Å². The molecule has 0 unspecified atom stereocenters. The molecule has 106 valence electrons. The van der Waals surface area contributed by atoms with Gasteiger partial charge in [-0.25, -0.2) is 0 Å². The van der Waals surface area contributed by atoms with Crippen LogP contribution in [-0.2, 0) is 16.1 Å². The van der Waals surface area contributed by atoms with Crippen LogP contribution >= 0.6 is 0 Å². The number of carbonyl (C=O) groups excluding carboxylic acids is 1. The quantitative estimate of drug-likeness (QED) is 0.797. The highest BCUT2D eigenvalue weighted by Crippen LogP contribution is 2.09. The number of nitrogens with zero attached hydrogens (tertiary/aromatic N) is 1. The summed E-state index contributed by atoms with van der Waals surface area (Å²) >= 11 is 0. The minimum atomic E-state index is -0.477. The molecule has 1 aromatic carbocycles. The molecule has 0 amide bonds. The van der Waals surface area contributed by atoms with Gasteiger partial charge in [0.15, 0.2) is 0 Å². The molecule has 0 saturated heterocycles. The first-order valence-corrected chi connectivity index (χ1v) is 6.50. The second kappa shape index (κ2) is 7.26. The van der Waals surface area contributed by atoms with Crippen molar-refractivity contribution in [2.75, 3.05) is 19.7 Å². The lowest BCUT2D eigenvalue weighted by Gasteiger charge is -2.24.